The van der Waals surface area contributed by atoms with Gasteiger partial charge in [0.05, 0.1) is 13.2 Å². The van der Waals surface area contributed by atoms with Crippen LogP contribution in [0.3, 0.4) is 0 Å². The van der Waals surface area contributed by atoms with E-state index < -0.39 is 17.6 Å². The van der Waals surface area contributed by atoms with E-state index in [1.165, 1.54) is 0 Å². The summed E-state index contributed by atoms with van der Waals surface area (Å²) in [7, 11) is 0. The molecule has 100 valence electrons. The molecule has 0 N–H and O–H groups in total. The Morgan fingerprint density at radius 3 is 1.65 bits per heavy atom. The molecule has 0 saturated heterocycles. The van der Waals surface area contributed by atoms with Crippen molar-refractivity contribution < 1.29 is 23.5 Å². The molecule has 0 aromatic rings. The Morgan fingerprint density at radius 2 is 1.35 bits per heavy atom. The van der Waals surface area contributed by atoms with E-state index in [0.717, 1.165) is 19.8 Å². The van der Waals surface area contributed by atoms with Gasteiger partial charge in [0.2, 0.25) is 0 Å². The van der Waals surface area contributed by atoms with Crippen LogP contribution in [0.2, 0.25) is 0 Å². The molecular formula is C12H21FO4. The fourth-order valence-corrected chi connectivity index (χ4v) is 0.973. The number of carbonyl (C=O) groups excluding carboxylic acids is 2. The van der Waals surface area contributed by atoms with Gasteiger partial charge in [0.15, 0.2) is 0 Å². The number of halogens is 1. The topological polar surface area (TPSA) is 52.6 Å². The number of carbonyl (C=O) groups is 2. The third-order valence-corrected chi connectivity index (χ3v) is 2.23. The van der Waals surface area contributed by atoms with Crippen LogP contribution in [0.5, 0.6) is 0 Å². The molecule has 17 heavy (non-hydrogen) atoms. The molecule has 0 radical (unpaired) electrons. The van der Waals surface area contributed by atoms with E-state index >= 15 is 0 Å². The second-order valence-corrected chi connectivity index (χ2v) is 3.98. The molecule has 0 amide bonds. The van der Waals surface area contributed by atoms with Crippen molar-refractivity contribution in [1.82, 2.24) is 0 Å². The molecule has 0 heterocycles. The molecule has 5 heteroatoms. The van der Waals surface area contributed by atoms with E-state index in [1.807, 2.05) is 13.8 Å². The minimum atomic E-state index is -2.71. The third kappa shape index (κ3) is 5.65. The van der Waals surface area contributed by atoms with Crippen molar-refractivity contribution in [3.8, 4) is 0 Å². The summed E-state index contributed by atoms with van der Waals surface area (Å²) in [5, 5.41) is 0. The van der Waals surface area contributed by atoms with Crippen LogP contribution in [0, 0.1) is 0 Å². The first-order valence-electron chi connectivity index (χ1n) is 6.00. The van der Waals surface area contributed by atoms with Crippen LogP contribution in [0.25, 0.3) is 0 Å². The summed E-state index contributed by atoms with van der Waals surface area (Å²) >= 11 is 0. The maximum Gasteiger partial charge on any atom is 0.355 e. The number of alkyl halides is 1. The fourth-order valence-electron chi connectivity index (χ4n) is 0.973. The van der Waals surface area contributed by atoms with Crippen molar-refractivity contribution in [3.05, 3.63) is 0 Å². The van der Waals surface area contributed by atoms with E-state index in [1.54, 1.807) is 0 Å². The molecule has 0 atom stereocenters. The molecule has 0 aliphatic carbocycles. The first kappa shape index (κ1) is 15.9. The molecule has 4 nitrogen and oxygen atoms in total. The van der Waals surface area contributed by atoms with Gasteiger partial charge in [-0.05, 0) is 19.8 Å². The van der Waals surface area contributed by atoms with Crippen molar-refractivity contribution in [2.24, 2.45) is 0 Å². The summed E-state index contributed by atoms with van der Waals surface area (Å²) in [6.07, 6.45) is 2.95. The number of esters is 2. The maximum absolute atomic E-state index is 13.8. The summed E-state index contributed by atoms with van der Waals surface area (Å²) in [5.41, 5.74) is -2.71. The molecule has 0 saturated carbocycles. The van der Waals surface area contributed by atoms with Crippen LogP contribution in [0.1, 0.15) is 46.5 Å². The Kier molecular flexibility index (Phi) is 7.50. The average molecular weight is 248 g/mol. The molecule has 0 aromatic carbocycles. The Bertz CT molecular complexity index is 227. The molecule has 0 fully saturated rings. The summed E-state index contributed by atoms with van der Waals surface area (Å²) in [4.78, 5) is 22.6. The van der Waals surface area contributed by atoms with E-state index in [4.69, 9.17) is 0 Å². The lowest BCUT2D eigenvalue weighted by atomic mass is 10.1. The normalized spacial score (nSPS) is 11.1. The predicted molar refractivity (Wildman–Crippen MR) is 61.2 cm³/mol. The van der Waals surface area contributed by atoms with Crippen LogP contribution >= 0.6 is 0 Å². The first-order valence-corrected chi connectivity index (χ1v) is 6.00. The number of ether oxygens (including phenoxy) is 2. The highest BCUT2D eigenvalue weighted by Gasteiger charge is 2.45. The second kappa shape index (κ2) is 8.03. The SMILES string of the molecule is CCCCOC(=O)C(C)(F)C(=O)OCCCC. The van der Waals surface area contributed by atoms with Crippen molar-refractivity contribution in [3.63, 3.8) is 0 Å². The summed E-state index contributed by atoms with van der Waals surface area (Å²) in [6, 6.07) is 0. The minimum absolute atomic E-state index is 0.122. The molecule has 0 unspecified atom stereocenters. The zero-order valence-corrected chi connectivity index (χ0v) is 10.8. The third-order valence-electron chi connectivity index (χ3n) is 2.23. The van der Waals surface area contributed by atoms with Gasteiger partial charge in [0.25, 0.3) is 5.67 Å². The smallest absolute Gasteiger partial charge is 0.355 e. The Hall–Kier alpha value is -1.13. The van der Waals surface area contributed by atoms with Crippen molar-refractivity contribution >= 4 is 11.9 Å². The van der Waals surface area contributed by atoms with Crippen LogP contribution in [-0.4, -0.2) is 30.8 Å². The van der Waals surface area contributed by atoms with E-state index in [2.05, 4.69) is 9.47 Å². The highest BCUT2D eigenvalue weighted by molar-refractivity contribution is 6.02. The predicted octanol–water partition coefficient (Wildman–Crippen LogP) is 2.40. The van der Waals surface area contributed by atoms with Gasteiger partial charge < -0.3 is 9.47 Å². The summed E-state index contributed by atoms with van der Waals surface area (Å²) in [5.74, 6) is -2.35. The van der Waals surface area contributed by atoms with Gasteiger partial charge in [-0.3, -0.25) is 0 Å². The fraction of sp³-hybridized carbons (Fsp3) is 0.833. The standard InChI is InChI=1S/C12H21FO4/c1-4-6-8-16-10(14)12(3,13)11(15)17-9-7-5-2/h4-9H2,1-3H3. The second-order valence-electron chi connectivity index (χ2n) is 3.98. The monoisotopic (exact) mass is 248 g/mol. The zero-order valence-electron chi connectivity index (χ0n) is 10.8. The lowest BCUT2D eigenvalue weighted by Gasteiger charge is -2.17. The van der Waals surface area contributed by atoms with Gasteiger partial charge in [-0.15, -0.1) is 0 Å². The highest BCUT2D eigenvalue weighted by Crippen LogP contribution is 2.15. The van der Waals surface area contributed by atoms with Gasteiger partial charge in [-0.25, -0.2) is 14.0 Å². The zero-order chi connectivity index (χ0) is 13.3. The van der Waals surface area contributed by atoms with Gasteiger partial charge >= 0.3 is 11.9 Å². The Morgan fingerprint density at radius 1 is 1.00 bits per heavy atom. The number of unbranched alkanes of at least 4 members (excludes halogenated alkanes) is 2. The average Bonchev–Trinajstić information content (AvgIpc) is 2.29. The molecule has 0 bridgehead atoms. The van der Waals surface area contributed by atoms with Crippen molar-refractivity contribution in [1.29, 1.82) is 0 Å². The van der Waals surface area contributed by atoms with Gasteiger partial charge in [-0.2, -0.15) is 0 Å². The molecule has 0 aromatic heterocycles. The number of hydrogen-bond donors (Lipinski definition) is 0. The lowest BCUT2D eigenvalue weighted by molar-refractivity contribution is -0.173. The number of rotatable bonds is 8. The largest absolute Gasteiger partial charge is 0.463 e. The molecule has 0 spiro atoms. The van der Waals surface area contributed by atoms with Crippen LogP contribution < -0.4 is 0 Å². The Balaban J connectivity index is 4.13. The minimum Gasteiger partial charge on any atom is -0.463 e. The van der Waals surface area contributed by atoms with Crippen molar-refractivity contribution in [2.75, 3.05) is 13.2 Å². The van der Waals surface area contributed by atoms with Gasteiger partial charge in [-0.1, -0.05) is 26.7 Å². The van der Waals surface area contributed by atoms with E-state index in [-0.39, 0.29) is 13.2 Å². The lowest BCUT2D eigenvalue weighted by Crippen LogP contribution is -2.42. The maximum atomic E-state index is 13.8. The molecule has 0 rings (SSSR count). The van der Waals surface area contributed by atoms with Crippen LogP contribution in [-0.2, 0) is 19.1 Å². The summed E-state index contributed by atoms with van der Waals surface area (Å²) in [6.45, 7) is 4.95. The summed E-state index contributed by atoms with van der Waals surface area (Å²) < 4.78 is 23.1. The first-order chi connectivity index (χ1) is 7.96. The van der Waals surface area contributed by atoms with Gasteiger partial charge in [0, 0.05) is 0 Å². The Labute approximate surface area is 101 Å². The molecule has 0 aliphatic rings. The number of hydrogen-bond acceptors (Lipinski definition) is 4. The van der Waals surface area contributed by atoms with Gasteiger partial charge in [0.1, 0.15) is 0 Å². The van der Waals surface area contributed by atoms with Crippen LogP contribution in [0.15, 0.2) is 0 Å². The van der Waals surface area contributed by atoms with E-state index in [0.29, 0.717) is 12.8 Å². The quantitative estimate of drug-likeness (QED) is 0.376. The van der Waals surface area contributed by atoms with Crippen molar-refractivity contribution in [2.45, 2.75) is 52.1 Å². The van der Waals surface area contributed by atoms with E-state index in [9.17, 15) is 14.0 Å². The molecular weight excluding hydrogens is 227 g/mol. The van der Waals surface area contributed by atoms with Crippen LogP contribution in [0.4, 0.5) is 4.39 Å². The highest BCUT2D eigenvalue weighted by atomic mass is 19.1. The molecule has 0 aliphatic heterocycles.